The summed E-state index contributed by atoms with van der Waals surface area (Å²) in [5.74, 6) is -0.359. The largest absolute Gasteiger partial charge is 0.381 e. The molecular formula is C9H12BrNO2S. The Kier molecular flexibility index (Phi) is 3.69. The zero-order valence-electron chi connectivity index (χ0n) is 8.00. The van der Waals surface area contributed by atoms with Crippen molar-refractivity contribution in [2.24, 2.45) is 0 Å². The zero-order chi connectivity index (χ0) is 10.8. The number of nitrogens with one attached hydrogen (secondary N) is 1. The first kappa shape index (κ1) is 11.7. The molecule has 1 heterocycles. The minimum atomic E-state index is -1.31. The lowest BCUT2D eigenvalue weighted by Crippen LogP contribution is -2.41. The van der Waals surface area contributed by atoms with Crippen LogP contribution in [0.25, 0.3) is 0 Å². The number of halogens is 1. The molecule has 0 aliphatic rings. The van der Waals surface area contributed by atoms with Gasteiger partial charge in [0.05, 0.1) is 6.54 Å². The Labute approximate surface area is 95.3 Å². The number of carbonyl (C=O) groups is 1. The number of hydrogen-bond donors (Lipinski definition) is 2. The van der Waals surface area contributed by atoms with Gasteiger partial charge in [0.1, 0.15) is 5.60 Å². The van der Waals surface area contributed by atoms with Gasteiger partial charge in [0.2, 0.25) is 0 Å². The van der Waals surface area contributed by atoms with Crippen LogP contribution in [0.15, 0.2) is 15.9 Å². The molecule has 78 valence electrons. The van der Waals surface area contributed by atoms with E-state index in [2.05, 4.69) is 21.2 Å². The van der Waals surface area contributed by atoms with E-state index in [9.17, 15) is 9.90 Å². The predicted molar refractivity (Wildman–Crippen MR) is 60.2 cm³/mol. The molecule has 0 saturated heterocycles. The third-order valence-electron chi connectivity index (χ3n) is 1.60. The molecular weight excluding hydrogens is 266 g/mol. The SMILES string of the molecule is CC(C)(O)C(=O)NCc1cc(Br)cs1. The van der Waals surface area contributed by atoms with Gasteiger partial charge in [0, 0.05) is 14.7 Å². The first-order valence-corrected chi connectivity index (χ1v) is 5.80. The predicted octanol–water partition coefficient (Wildman–Crippen LogP) is 1.90. The van der Waals surface area contributed by atoms with Crippen LogP contribution < -0.4 is 5.32 Å². The molecule has 0 aliphatic heterocycles. The van der Waals surface area contributed by atoms with E-state index in [-0.39, 0.29) is 5.91 Å². The van der Waals surface area contributed by atoms with Crippen molar-refractivity contribution in [3.05, 3.63) is 20.8 Å². The summed E-state index contributed by atoms with van der Waals surface area (Å²) in [6, 6.07) is 1.94. The Morgan fingerprint density at radius 2 is 2.36 bits per heavy atom. The molecule has 2 N–H and O–H groups in total. The molecule has 0 radical (unpaired) electrons. The lowest BCUT2D eigenvalue weighted by Gasteiger charge is -2.15. The number of hydrogen-bond acceptors (Lipinski definition) is 3. The maximum Gasteiger partial charge on any atom is 0.251 e. The topological polar surface area (TPSA) is 49.3 Å². The summed E-state index contributed by atoms with van der Waals surface area (Å²) in [5, 5.41) is 14.0. The van der Waals surface area contributed by atoms with Crippen molar-refractivity contribution in [1.82, 2.24) is 5.32 Å². The highest BCUT2D eigenvalue weighted by Gasteiger charge is 2.22. The second kappa shape index (κ2) is 4.42. The van der Waals surface area contributed by atoms with E-state index in [1.54, 1.807) is 11.3 Å². The normalized spacial score (nSPS) is 11.4. The Morgan fingerprint density at radius 1 is 1.71 bits per heavy atom. The van der Waals surface area contributed by atoms with Gasteiger partial charge in [-0.2, -0.15) is 0 Å². The summed E-state index contributed by atoms with van der Waals surface area (Å²) in [7, 11) is 0. The van der Waals surface area contributed by atoms with Gasteiger partial charge in [-0.25, -0.2) is 0 Å². The fourth-order valence-electron chi connectivity index (χ4n) is 0.830. The first-order chi connectivity index (χ1) is 6.39. The number of rotatable bonds is 3. The van der Waals surface area contributed by atoms with Gasteiger partial charge in [0.15, 0.2) is 0 Å². The van der Waals surface area contributed by atoms with Gasteiger partial charge in [-0.3, -0.25) is 4.79 Å². The van der Waals surface area contributed by atoms with E-state index in [0.29, 0.717) is 6.54 Å². The molecule has 14 heavy (non-hydrogen) atoms. The van der Waals surface area contributed by atoms with Crippen molar-refractivity contribution >= 4 is 33.2 Å². The van der Waals surface area contributed by atoms with Gasteiger partial charge >= 0.3 is 0 Å². The van der Waals surface area contributed by atoms with Gasteiger partial charge in [-0.15, -0.1) is 11.3 Å². The molecule has 1 aromatic heterocycles. The second-order valence-electron chi connectivity index (χ2n) is 3.47. The van der Waals surface area contributed by atoms with E-state index >= 15 is 0 Å². The molecule has 1 rings (SSSR count). The highest BCUT2D eigenvalue weighted by atomic mass is 79.9. The summed E-state index contributed by atoms with van der Waals surface area (Å²) in [6.45, 7) is 3.39. The van der Waals surface area contributed by atoms with Crippen LogP contribution in [-0.4, -0.2) is 16.6 Å². The van der Waals surface area contributed by atoms with Gasteiger partial charge < -0.3 is 10.4 Å². The monoisotopic (exact) mass is 277 g/mol. The molecule has 0 aliphatic carbocycles. The van der Waals surface area contributed by atoms with Crippen molar-refractivity contribution in [2.45, 2.75) is 26.0 Å². The maximum atomic E-state index is 11.3. The third kappa shape index (κ3) is 3.40. The van der Waals surface area contributed by atoms with E-state index in [4.69, 9.17) is 0 Å². The highest BCUT2D eigenvalue weighted by molar-refractivity contribution is 9.10. The summed E-state index contributed by atoms with van der Waals surface area (Å²) in [5.41, 5.74) is -1.31. The molecule has 0 fully saturated rings. The standard InChI is InChI=1S/C9H12BrNO2S/c1-9(2,13)8(12)11-4-7-3-6(10)5-14-7/h3,5,13H,4H2,1-2H3,(H,11,12). The molecule has 0 aromatic carbocycles. The van der Waals surface area contributed by atoms with Crippen molar-refractivity contribution in [3.63, 3.8) is 0 Å². The molecule has 1 amide bonds. The summed E-state index contributed by atoms with van der Waals surface area (Å²) < 4.78 is 1.01. The summed E-state index contributed by atoms with van der Waals surface area (Å²) in [4.78, 5) is 12.3. The molecule has 0 bridgehead atoms. The van der Waals surface area contributed by atoms with Crippen LogP contribution in [0, 0.1) is 0 Å². The van der Waals surface area contributed by atoms with Crippen LogP contribution in [0.4, 0.5) is 0 Å². The van der Waals surface area contributed by atoms with E-state index in [0.717, 1.165) is 9.35 Å². The molecule has 0 saturated carbocycles. The molecule has 0 spiro atoms. The van der Waals surface area contributed by atoms with E-state index in [1.165, 1.54) is 13.8 Å². The molecule has 0 atom stereocenters. The fraction of sp³-hybridized carbons (Fsp3) is 0.444. The van der Waals surface area contributed by atoms with Crippen LogP contribution >= 0.6 is 27.3 Å². The lowest BCUT2D eigenvalue weighted by atomic mass is 10.1. The summed E-state index contributed by atoms with van der Waals surface area (Å²) >= 11 is 4.89. The van der Waals surface area contributed by atoms with Gasteiger partial charge in [-0.05, 0) is 35.8 Å². The Morgan fingerprint density at radius 3 is 2.79 bits per heavy atom. The van der Waals surface area contributed by atoms with Crippen LogP contribution in [0.3, 0.4) is 0 Å². The number of thiophene rings is 1. The second-order valence-corrected chi connectivity index (χ2v) is 5.38. The quantitative estimate of drug-likeness (QED) is 0.887. The number of aliphatic hydroxyl groups is 1. The Balaban J connectivity index is 2.46. The molecule has 5 heteroatoms. The minimum absolute atomic E-state index is 0.359. The third-order valence-corrected chi connectivity index (χ3v) is 3.30. The average Bonchev–Trinajstić information content (AvgIpc) is 2.45. The van der Waals surface area contributed by atoms with Crippen molar-refractivity contribution in [1.29, 1.82) is 0 Å². The highest BCUT2D eigenvalue weighted by Crippen LogP contribution is 2.19. The van der Waals surface area contributed by atoms with Crippen molar-refractivity contribution in [3.8, 4) is 0 Å². The summed E-state index contributed by atoms with van der Waals surface area (Å²) in [6.07, 6.45) is 0. The van der Waals surface area contributed by atoms with Crippen molar-refractivity contribution < 1.29 is 9.90 Å². The number of amides is 1. The van der Waals surface area contributed by atoms with Crippen LogP contribution in [0.5, 0.6) is 0 Å². The van der Waals surface area contributed by atoms with Crippen LogP contribution in [0.1, 0.15) is 18.7 Å². The molecule has 3 nitrogen and oxygen atoms in total. The molecule has 0 unspecified atom stereocenters. The van der Waals surface area contributed by atoms with Crippen LogP contribution in [-0.2, 0) is 11.3 Å². The number of carbonyl (C=O) groups excluding carboxylic acids is 1. The first-order valence-electron chi connectivity index (χ1n) is 4.13. The Bertz CT molecular complexity index is 330. The minimum Gasteiger partial charge on any atom is -0.381 e. The smallest absolute Gasteiger partial charge is 0.251 e. The maximum absolute atomic E-state index is 11.3. The lowest BCUT2D eigenvalue weighted by molar-refractivity contribution is -0.136. The Hall–Kier alpha value is -0.390. The molecule has 1 aromatic rings. The van der Waals surface area contributed by atoms with Crippen LogP contribution in [0.2, 0.25) is 0 Å². The average molecular weight is 278 g/mol. The van der Waals surface area contributed by atoms with Gasteiger partial charge in [-0.1, -0.05) is 0 Å². The zero-order valence-corrected chi connectivity index (χ0v) is 10.4. The van der Waals surface area contributed by atoms with Gasteiger partial charge in [0.25, 0.3) is 5.91 Å². The fourth-order valence-corrected chi connectivity index (χ4v) is 2.22. The van der Waals surface area contributed by atoms with Crippen molar-refractivity contribution in [2.75, 3.05) is 0 Å². The van der Waals surface area contributed by atoms with E-state index in [1.807, 2.05) is 11.4 Å². The van der Waals surface area contributed by atoms with E-state index < -0.39 is 5.60 Å².